The van der Waals surface area contributed by atoms with Crippen LogP contribution in [0.15, 0.2) is 23.2 Å². The highest BCUT2D eigenvalue weighted by atomic mass is 19.1. The second-order valence-electron chi connectivity index (χ2n) is 5.34. The zero-order chi connectivity index (χ0) is 16.4. The lowest BCUT2D eigenvalue weighted by Gasteiger charge is -2.11. The minimum atomic E-state index is -0.204. The highest BCUT2D eigenvalue weighted by molar-refractivity contribution is 5.77. The normalized spacial score (nSPS) is 12.0. The summed E-state index contributed by atoms with van der Waals surface area (Å²) in [7, 11) is 3.82. The van der Waals surface area contributed by atoms with Gasteiger partial charge in [0.1, 0.15) is 5.82 Å². The fourth-order valence-corrected chi connectivity index (χ4v) is 1.93. The van der Waals surface area contributed by atoms with Crippen LogP contribution in [0.25, 0.3) is 0 Å². The monoisotopic (exact) mass is 310 g/mol. The Morgan fingerprint density at radius 3 is 2.82 bits per heavy atom. The molecule has 6 heteroatoms. The van der Waals surface area contributed by atoms with Crippen LogP contribution in [-0.2, 0) is 17.8 Å². The van der Waals surface area contributed by atoms with E-state index in [1.165, 1.54) is 6.07 Å². The van der Waals surface area contributed by atoms with Crippen molar-refractivity contribution in [2.75, 3.05) is 33.9 Å². The summed E-state index contributed by atoms with van der Waals surface area (Å²) < 4.78 is 19.2. The van der Waals surface area contributed by atoms with Crippen molar-refractivity contribution in [2.45, 2.75) is 26.4 Å². The van der Waals surface area contributed by atoms with Crippen molar-refractivity contribution < 1.29 is 9.13 Å². The van der Waals surface area contributed by atoms with E-state index in [0.29, 0.717) is 37.8 Å². The largest absolute Gasteiger partial charge is 0.382 e. The van der Waals surface area contributed by atoms with Gasteiger partial charge in [0.05, 0.1) is 6.54 Å². The van der Waals surface area contributed by atoms with E-state index >= 15 is 0 Å². The van der Waals surface area contributed by atoms with Gasteiger partial charge in [-0.05, 0) is 39.1 Å². The van der Waals surface area contributed by atoms with Gasteiger partial charge in [-0.25, -0.2) is 9.38 Å². The second-order valence-corrected chi connectivity index (χ2v) is 5.34. The maximum atomic E-state index is 13.9. The summed E-state index contributed by atoms with van der Waals surface area (Å²) in [6, 6.07) is 5.20. The summed E-state index contributed by atoms with van der Waals surface area (Å²) in [6.45, 7) is 5.05. The lowest BCUT2D eigenvalue weighted by Crippen LogP contribution is -2.32. The number of guanidine groups is 1. The van der Waals surface area contributed by atoms with E-state index in [1.807, 2.05) is 32.0 Å². The van der Waals surface area contributed by atoms with Crippen molar-refractivity contribution >= 4 is 5.96 Å². The Morgan fingerprint density at radius 2 is 2.18 bits per heavy atom. The number of benzene rings is 1. The molecule has 1 aromatic carbocycles. The summed E-state index contributed by atoms with van der Waals surface area (Å²) in [6.07, 6.45) is 0.873. The maximum absolute atomic E-state index is 13.9. The fourth-order valence-electron chi connectivity index (χ4n) is 1.93. The molecule has 0 amide bonds. The first-order valence-electron chi connectivity index (χ1n) is 7.56. The summed E-state index contributed by atoms with van der Waals surface area (Å²) >= 11 is 0. The van der Waals surface area contributed by atoms with Gasteiger partial charge in [0.25, 0.3) is 0 Å². The Labute approximate surface area is 132 Å². The minimum Gasteiger partial charge on any atom is -0.382 e. The number of nitrogens with two attached hydrogens (primary N) is 1. The average Bonchev–Trinajstić information content (AvgIpc) is 2.47. The summed E-state index contributed by atoms with van der Waals surface area (Å²) in [5.41, 5.74) is 7.25. The maximum Gasteiger partial charge on any atom is 0.188 e. The minimum absolute atomic E-state index is 0.204. The number of aliphatic imine (C=N–C) groups is 1. The molecule has 0 saturated carbocycles. The Bertz CT molecular complexity index is 477. The zero-order valence-corrected chi connectivity index (χ0v) is 13.7. The Morgan fingerprint density at radius 1 is 1.41 bits per heavy atom. The third kappa shape index (κ3) is 7.38. The van der Waals surface area contributed by atoms with Crippen molar-refractivity contribution in [2.24, 2.45) is 10.7 Å². The molecule has 0 fully saturated rings. The quantitative estimate of drug-likeness (QED) is 0.414. The van der Waals surface area contributed by atoms with Crippen LogP contribution in [-0.4, -0.2) is 44.7 Å². The Balaban J connectivity index is 2.42. The predicted octanol–water partition coefficient (Wildman–Crippen LogP) is 1.72. The number of halogens is 1. The van der Waals surface area contributed by atoms with Crippen LogP contribution in [0.1, 0.15) is 24.5 Å². The number of nitrogens with one attached hydrogen (secondary N) is 1. The van der Waals surface area contributed by atoms with E-state index in [4.69, 9.17) is 10.5 Å². The number of hydrogen-bond donors (Lipinski definition) is 2. The number of nitrogens with zero attached hydrogens (tertiary/aromatic N) is 2. The molecule has 0 aromatic heterocycles. The molecule has 124 valence electrons. The summed E-state index contributed by atoms with van der Waals surface area (Å²) in [5.74, 6) is 0.166. The first kappa shape index (κ1) is 18.4. The molecular weight excluding hydrogens is 283 g/mol. The lowest BCUT2D eigenvalue weighted by atomic mass is 10.1. The number of hydrogen-bond acceptors (Lipinski definition) is 3. The lowest BCUT2D eigenvalue weighted by molar-refractivity contribution is 0.145. The van der Waals surface area contributed by atoms with Crippen LogP contribution >= 0.6 is 0 Å². The van der Waals surface area contributed by atoms with Gasteiger partial charge in [-0.3, -0.25) is 0 Å². The van der Waals surface area contributed by atoms with Gasteiger partial charge < -0.3 is 20.7 Å². The third-order valence-corrected chi connectivity index (χ3v) is 3.01. The van der Waals surface area contributed by atoms with E-state index in [9.17, 15) is 4.39 Å². The molecule has 1 rings (SSSR count). The SMILES string of the molecule is CCOCCCNC(N)=NCc1ccc(CN(C)C)c(F)c1. The van der Waals surface area contributed by atoms with Gasteiger partial charge in [-0.15, -0.1) is 0 Å². The van der Waals surface area contributed by atoms with Gasteiger partial charge in [0, 0.05) is 31.9 Å². The van der Waals surface area contributed by atoms with Crippen LogP contribution in [0.2, 0.25) is 0 Å². The van der Waals surface area contributed by atoms with Crippen LogP contribution < -0.4 is 11.1 Å². The van der Waals surface area contributed by atoms with Gasteiger partial charge in [0.2, 0.25) is 0 Å². The molecule has 0 heterocycles. The Hall–Kier alpha value is -1.66. The van der Waals surface area contributed by atoms with E-state index < -0.39 is 0 Å². The first-order valence-corrected chi connectivity index (χ1v) is 7.56. The first-order chi connectivity index (χ1) is 10.5. The molecule has 0 aliphatic carbocycles. The van der Waals surface area contributed by atoms with Gasteiger partial charge in [-0.2, -0.15) is 0 Å². The Kier molecular flexibility index (Phi) is 8.47. The second kappa shape index (κ2) is 10.1. The van der Waals surface area contributed by atoms with Crippen LogP contribution in [0.3, 0.4) is 0 Å². The predicted molar refractivity (Wildman–Crippen MR) is 88.2 cm³/mol. The molecule has 0 atom stereocenters. The van der Waals surface area contributed by atoms with Gasteiger partial charge in [0.15, 0.2) is 5.96 Å². The van der Waals surface area contributed by atoms with Crippen molar-refractivity contribution in [1.29, 1.82) is 0 Å². The van der Waals surface area contributed by atoms with Crippen LogP contribution in [0.5, 0.6) is 0 Å². The molecule has 0 aliphatic rings. The van der Waals surface area contributed by atoms with E-state index in [2.05, 4.69) is 10.3 Å². The zero-order valence-electron chi connectivity index (χ0n) is 13.7. The molecule has 1 aromatic rings. The highest BCUT2D eigenvalue weighted by Crippen LogP contribution is 2.12. The van der Waals surface area contributed by atoms with Crippen molar-refractivity contribution in [3.63, 3.8) is 0 Å². The molecule has 0 saturated heterocycles. The number of ether oxygens (including phenoxy) is 1. The summed E-state index contributed by atoms with van der Waals surface area (Å²) in [5, 5.41) is 3.01. The standard InChI is InChI=1S/C16H27FN4O/c1-4-22-9-5-8-19-16(18)20-11-13-6-7-14(12-21(2)3)15(17)10-13/h6-7,10H,4-5,8-9,11-12H2,1-3H3,(H3,18,19,20). The fraction of sp³-hybridized carbons (Fsp3) is 0.562. The van der Waals surface area contributed by atoms with Crippen molar-refractivity contribution in [3.8, 4) is 0 Å². The van der Waals surface area contributed by atoms with Gasteiger partial charge >= 0.3 is 0 Å². The molecule has 0 bridgehead atoms. The molecule has 0 aliphatic heterocycles. The van der Waals surface area contributed by atoms with Crippen molar-refractivity contribution in [3.05, 3.63) is 35.1 Å². The molecule has 0 radical (unpaired) electrons. The molecule has 22 heavy (non-hydrogen) atoms. The molecular formula is C16H27FN4O. The van der Waals surface area contributed by atoms with Gasteiger partial charge in [-0.1, -0.05) is 12.1 Å². The molecule has 3 N–H and O–H groups in total. The topological polar surface area (TPSA) is 62.9 Å². The van der Waals surface area contributed by atoms with E-state index in [1.54, 1.807) is 6.07 Å². The van der Waals surface area contributed by atoms with E-state index in [0.717, 1.165) is 18.6 Å². The molecule has 0 spiro atoms. The van der Waals surface area contributed by atoms with E-state index in [-0.39, 0.29) is 5.82 Å². The number of rotatable bonds is 9. The molecule has 0 unspecified atom stereocenters. The smallest absolute Gasteiger partial charge is 0.188 e. The van der Waals surface area contributed by atoms with Crippen LogP contribution in [0, 0.1) is 5.82 Å². The van der Waals surface area contributed by atoms with Crippen LogP contribution in [0.4, 0.5) is 4.39 Å². The summed E-state index contributed by atoms with van der Waals surface area (Å²) in [4.78, 5) is 6.14. The molecule has 5 nitrogen and oxygen atoms in total. The average molecular weight is 310 g/mol. The van der Waals surface area contributed by atoms with Crippen molar-refractivity contribution in [1.82, 2.24) is 10.2 Å². The third-order valence-electron chi connectivity index (χ3n) is 3.01. The highest BCUT2D eigenvalue weighted by Gasteiger charge is 2.04.